The molecule has 0 aliphatic heterocycles. The van der Waals surface area contributed by atoms with Gasteiger partial charge in [-0.25, -0.2) is 13.4 Å². The molecule has 1 aromatic heterocycles. The lowest BCUT2D eigenvalue weighted by atomic mass is 10.3. The number of nitrogen functional groups attached to an aromatic ring is 1. The minimum absolute atomic E-state index is 0.000253. The summed E-state index contributed by atoms with van der Waals surface area (Å²) in [6.45, 7) is 0. The molecule has 2 rings (SSSR count). The second-order valence-electron chi connectivity index (χ2n) is 3.74. The molecule has 1 aromatic carbocycles. The second-order valence-corrected chi connectivity index (χ2v) is 6.61. The quantitative estimate of drug-likeness (QED) is 0.829. The maximum Gasteiger partial charge on any atom is 0.264 e. The zero-order valence-corrected chi connectivity index (χ0v) is 12.9. The van der Waals surface area contributed by atoms with Crippen molar-refractivity contribution >= 4 is 56.3 Å². The first-order chi connectivity index (χ1) is 9.31. The molecule has 0 aliphatic rings. The molecule has 3 N–H and O–H groups in total. The summed E-state index contributed by atoms with van der Waals surface area (Å²) in [7, 11) is -3.92. The largest absolute Gasteiger partial charge is 0.396 e. The molecule has 5 nitrogen and oxygen atoms in total. The molecule has 1 heterocycles. The van der Waals surface area contributed by atoms with Crippen molar-refractivity contribution in [2.75, 3.05) is 10.5 Å². The Bertz CT molecular complexity index is 748. The van der Waals surface area contributed by atoms with Gasteiger partial charge in [0.15, 0.2) is 0 Å². The minimum atomic E-state index is -3.92. The summed E-state index contributed by atoms with van der Waals surface area (Å²) in [5.41, 5.74) is 5.60. The van der Waals surface area contributed by atoms with Crippen LogP contribution in [0.1, 0.15) is 0 Å². The second kappa shape index (κ2) is 5.65. The number of sulfonamides is 1. The zero-order chi connectivity index (χ0) is 14.9. The highest BCUT2D eigenvalue weighted by atomic mass is 35.5. The molecule has 0 saturated heterocycles. The van der Waals surface area contributed by atoms with Crippen molar-refractivity contribution < 1.29 is 8.42 Å². The number of rotatable bonds is 3. The van der Waals surface area contributed by atoms with E-state index in [0.29, 0.717) is 5.02 Å². The van der Waals surface area contributed by atoms with Crippen LogP contribution < -0.4 is 10.5 Å². The molecule has 0 radical (unpaired) electrons. The summed E-state index contributed by atoms with van der Waals surface area (Å²) in [6.07, 6.45) is 1.32. The number of nitrogens with one attached hydrogen (secondary N) is 1. The van der Waals surface area contributed by atoms with Gasteiger partial charge in [-0.3, -0.25) is 4.72 Å². The Morgan fingerprint density at radius 2 is 1.80 bits per heavy atom. The van der Waals surface area contributed by atoms with E-state index in [1.54, 1.807) is 0 Å². The van der Waals surface area contributed by atoms with Crippen LogP contribution in [0.15, 0.2) is 35.4 Å². The number of hydrogen-bond donors (Lipinski definition) is 2. The Morgan fingerprint density at radius 1 is 1.10 bits per heavy atom. The van der Waals surface area contributed by atoms with Gasteiger partial charge in [-0.2, -0.15) is 0 Å². The van der Waals surface area contributed by atoms with Crippen molar-refractivity contribution in [1.82, 2.24) is 4.98 Å². The van der Waals surface area contributed by atoms with Crippen LogP contribution in [-0.2, 0) is 10.0 Å². The number of anilines is 2. The predicted molar refractivity (Wildman–Crippen MR) is 80.9 cm³/mol. The third-order valence-corrected chi connectivity index (χ3v) is 4.82. The smallest absolute Gasteiger partial charge is 0.264 e. The van der Waals surface area contributed by atoms with E-state index in [0.717, 1.165) is 0 Å². The van der Waals surface area contributed by atoms with Crippen molar-refractivity contribution in [3.05, 3.63) is 45.5 Å². The van der Waals surface area contributed by atoms with Gasteiger partial charge in [0.25, 0.3) is 10.0 Å². The van der Waals surface area contributed by atoms with Crippen LogP contribution in [0.5, 0.6) is 0 Å². The van der Waals surface area contributed by atoms with Gasteiger partial charge in [-0.15, -0.1) is 0 Å². The number of aromatic nitrogens is 1. The Morgan fingerprint density at radius 3 is 2.40 bits per heavy atom. The highest BCUT2D eigenvalue weighted by molar-refractivity contribution is 7.92. The molecular weight excluding hydrogens is 345 g/mol. The van der Waals surface area contributed by atoms with Crippen molar-refractivity contribution in [1.29, 1.82) is 0 Å². The summed E-state index contributed by atoms with van der Waals surface area (Å²) in [5, 5.41) is 0.430. The predicted octanol–water partition coefficient (Wildman–Crippen LogP) is 3.42. The Balaban J connectivity index is 2.41. The summed E-state index contributed by atoms with van der Waals surface area (Å²) in [5.74, 6) is 0.110. The van der Waals surface area contributed by atoms with Crippen molar-refractivity contribution in [3.63, 3.8) is 0 Å². The van der Waals surface area contributed by atoms with Gasteiger partial charge in [0.05, 0.1) is 20.8 Å². The van der Waals surface area contributed by atoms with Gasteiger partial charge >= 0.3 is 0 Å². The van der Waals surface area contributed by atoms with Crippen molar-refractivity contribution in [2.45, 2.75) is 4.90 Å². The molecule has 0 fully saturated rings. The fraction of sp³-hybridized carbons (Fsp3) is 0. The Kier molecular flexibility index (Phi) is 4.29. The third kappa shape index (κ3) is 3.09. The van der Waals surface area contributed by atoms with Crippen LogP contribution >= 0.6 is 34.8 Å². The SMILES string of the molecule is Nc1c(Cl)ccc(S(=O)(=O)Nc2ccc(Cl)cn2)c1Cl. The number of hydrogen-bond acceptors (Lipinski definition) is 4. The summed E-state index contributed by atoms with van der Waals surface area (Å²) < 4.78 is 26.7. The highest BCUT2D eigenvalue weighted by Gasteiger charge is 2.21. The first-order valence-electron chi connectivity index (χ1n) is 5.19. The van der Waals surface area contributed by atoms with Crippen LogP contribution in [0.4, 0.5) is 11.5 Å². The zero-order valence-electron chi connectivity index (χ0n) is 9.77. The first-order valence-corrected chi connectivity index (χ1v) is 7.81. The number of nitrogens with zero attached hydrogens (tertiary/aromatic N) is 1. The van der Waals surface area contributed by atoms with E-state index in [2.05, 4.69) is 9.71 Å². The number of pyridine rings is 1. The van der Waals surface area contributed by atoms with E-state index in [9.17, 15) is 8.42 Å². The summed E-state index contributed by atoms with van der Waals surface area (Å²) in [6, 6.07) is 5.54. The standard InChI is InChI=1S/C11H8Cl3N3O2S/c12-6-1-4-9(16-5-6)17-20(18,19)8-3-2-7(13)11(15)10(8)14/h1-5H,15H2,(H,16,17). The van der Waals surface area contributed by atoms with Gasteiger partial charge in [0, 0.05) is 6.20 Å². The third-order valence-electron chi connectivity index (χ3n) is 2.35. The molecule has 0 bridgehead atoms. The van der Waals surface area contributed by atoms with E-state index in [1.165, 1.54) is 30.5 Å². The molecule has 0 spiro atoms. The van der Waals surface area contributed by atoms with E-state index in [-0.39, 0.29) is 26.4 Å². The monoisotopic (exact) mass is 351 g/mol. The van der Waals surface area contributed by atoms with E-state index < -0.39 is 10.0 Å². The van der Waals surface area contributed by atoms with E-state index in [1.807, 2.05) is 0 Å². The maximum absolute atomic E-state index is 12.2. The van der Waals surface area contributed by atoms with Crippen LogP contribution in [0, 0.1) is 0 Å². The Hall–Kier alpha value is -1.21. The van der Waals surface area contributed by atoms with Gasteiger partial charge in [-0.1, -0.05) is 34.8 Å². The van der Waals surface area contributed by atoms with Crippen molar-refractivity contribution in [3.8, 4) is 0 Å². The summed E-state index contributed by atoms with van der Waals surface area (Å²) >= 11 is 17.3. The Labute approximate surface area is 130 Å². The van der Waals surface area contributed by atoms with Crippen LogP contribution in [0.2, 0.25) is 15.1 Å². The van der Waals surface area contributed by atoms with Gasteiger partial charge in [0.2, 0.25) is 0 Å². The van der Waals surface area contributed by atoms with Gasteiger partial charge in [0.1, 0.15) is 10.7 Å². The molecule has 0 atom stereocenters. The molecule has 20 heavy (non-hydrogen) atoms. The lowest BCUT2D eigenvalue weighted by Gasteiger charge is -2.10. The molecule has 0 unspecified atom stereocenters. The minimum Gasteiger partial charge on any atom is -0.396 e. The molecule has 9 heteroatoms. The van der Waals surface area contributed by atoms with E-state index >= 15 is 0 Å². The van der Waals surface area contributed by atoms with Crippen LogP contribution in [0.25, 0.3) is 0 Å². The van der Waals surface area contributed by atoms with Crippen LogP contribution in [-0.4, -0.2) is 13.4 Å². The average Bonchev–Trinajstić information content (AvgIpc) is 2.38. The lowest BCUT2D eigenvalue weighted by Crippen LogP contribution is -2.15. The number of halogens is 3. The fourth-order valence-corrected chi connectivity index (χ4v) is 3.27. The average molecular weight is 353 g/mol. The number of nitrogens with two attached hydrogens (primary N) is 1. The van der Waals surface area contributed by atoms with Gasteiger partial charge in [-0.05, 0) is 24.3 Å². The first kappa shape index (κ1) is 15.2. The molecule has 0 saturated carbocycles. The maximum atomic E-state index is 12.2. The number of benzene rings is 1. The van der Waals surface area contributed by atoms with Crippen LogP contribution in [0.3, 0.4) is 0 Å². The van der Waals surface area contributed by atoms with Crippen molar-refractivity contribution in [2.24, 2.45) is 0 Å². The summed E-state index contributed by atoms with van der Waals surface area (Å²) in [4.78, 5) is 3.65. The molecule has 0 amide bonds. The van der Waals surface area contributed by atoms with Gasteiger partial charge < -0.3 is 5.73 Å². The molecule has 2 aromatic rings. The lowest BCUT2D eigenvalue weighted by molar-refractivity contribution is 0.601. The fourth-order valence-electron chi connectivity index (χ4n) is 1.39. The van der Waals surface area contributed by atoms with E-state index in [4.69, 9.17) is 40.5 Å². The normalized spacial score (nSPS) is 11.3. The topological polar surface area (TPSA) is 85.1 Å². The molecular formula is C11H8Cl3N3O2S. The molecule has 0 aliphatic carbocycles. The molecule has 106 valence electrons. The highest BCUT2D eigenvalue weighted by Crippen LogP contribution is 2.33.